The van der Waals surface area contributed by atoms with E-state index in [1.165, 1.54) is 58.7 Å². The topological polar surface area (TPSA) is 29.5 Å². The Bertz CT molecular complexity index is 1030. The van der Waals surface area contributed by atoms with Gasteiger partial charge >= 0.3 is 5.97 Å². The zero-order valence-corrected chi connectivity index (χ0v) is 26.1. The van der Waals surface area contributed by atoms with E-state index < -0.39 is 0 Å². The van der Waals surface area contributed by atoms with Crippen LogP contribution in [0.1, 0.15) is 40.9 Å². The quantitative estimate of drug-likeness (QED) is 0.117. The summed E-state index contributed by atoms with van der Waals surface area (Å²) in [6, 6.07) is 15.6. The third kappa shape index (κ3) is 14.5. The second-order valence-corrected chi connectivity index (χ2v) is 13.4. The second-order valence-electron chi connectivity index (χ2n) is 8.16. The lowest BCUT2D eigenvalue weighted by molar-refractivity contribution is 0.0600. The summed E-state index contributed by atoms with van der Waals surface area (Å²) in [6.45, 7) is 7.69. The molecule has 0 saturated heterocycles. The monoisotopic (exact) mass is 585 g/mol. The Morgan fingerprint density at radius 2 is 1.18 bits per heavy atom. The minimum absolute atomic E-state index is 0.350. The van der Waals surface area contributed by atoms with Crippen LogP contribution in [0.5, 0.6) is 0 Å². The first kappa shape index (κ1) is 32.6. The Labute approximate surface area is 247 Å². The maximum Gasteiger partial charge on any atom is 0.337 e. The lowest BCUT2D eigenvalue weighted by atomic mass is 10.1. The fraction of sp³-hybridized carbons (Fsp3) is 0.452. The van der Waals surface area contributed by atoms with Crippen LogP contribution >= 0.6 is 47.0 Å². The summed E-state index contributed by atoms with van der Waals surface area (Å²) in [7, 11) is 1.37. The molecule has 0 radical (unpaired) electrons. The summed E-state index contributed by atoms with van der Waals surface area (Å²) >= 11 is 8.20. The summed E-state index contributed by atoms with van der Waals surface area (Å²) in [5.41, 5.74) is 3.61. The highest BCUT2D eigenvalue weighted by atomic mass is 32.2. The Morgan fingerprint density at radius 1 is 0.711 bits per heavy atom. The average molecular weight is 586 g/mol. The largest absolute Gasteiger partial charge is 0.465 e. The molecule has 0 aliphatic carbocycles. The van der Waals surface area contributed by atoms with Gasteiger partial charge in [-0.15, -0.1) is 0 Å². The number of esters is 1. The van der Waals surface area contributed by atoms with Gasteiger partial charge in [-0.3, -0.25) is 4.90 Å². The molecule has 0 saturated carbocycles. The van der Waals surface area contributed by atoms with Crippen LogP contribution in [0, 0.1) is 23.7 Å². The minimum atomic E-state index is -0.350. The van der Waals surface area contributed by atoms with Gasteiger partial charge in [-0.2, -0.15) is 47.0 Å². The molecule has 7 heteroatoms. The van der Waals surface area contributed by atoms with Crippen LogP contribution in [-0.2, 0) is 11.3 Å². The van der Waals surface area contributed by atoms with Crippen molar-refractivity contribution in [3.63, 3.8) is 0 Å². The Morgan fingerprint density at radius 3 is 1.66 bits per heavy atom. The molecule has 0 N–H and O–H groups in total. The molecule has 0 amide bonds. The summed E-state index contributed by atoms with van der Waals surface area (Å²) in [5.74, 6) is 21.4. The first-order valence-corrected chi connectivity index (χ1v) is 17.6. The van der Waals surface area contributed by atoms with E-state index in [0.717, 1.165) is 30.8 Å². The van der Waals surface area contributed by atoms with E-state index in [2.05, 4.69) is 90.2 Å². The number of carbonyl (C=O) groups is 1. The normalized spacial score (nSPS) is 10.4. The Hall–Kier alpha value is -1.61. The van der Waals surface area contributed by atoms with Gasteiger partial charge in [0.25, 0.3) is 0 Å². The number of nitrogens with zero attached hydrogens (tertiary/aromatic N) is 1. The molecule has 38 heavy (non-hydrogen) atoms. The van der Waals surface area contributed by atoms with Crippen LogP contribution in [0.3, 0.4) is 0 Å². The van der Waals surface area contributed by atoms with Crippen molar-refractivity contribution in [3.8, 4) is 23.7 Å². The highest BCUT2D eigenvalue weighted by Crippen LogP contribution is 2.13. The lowest BCUT2D eigenvalue weighted by Crippen LogP contribution is -2.28. The van der Waals surface area contributed by atoms with E-state index in [1.54, 1.807) is 24.3 Å². The predicted octanol–water partition coefficient (Wildman–Crippen LogP) is 6.65. The molecule has 0 fully saturated rings. The van der Waals surface area contributed by atoms with Gasteiger partial charge < -0.3 is 4.74 Å². The number of hydrogen-bond donors (Lipinski definition) is 0. The Kier molecular flexibility index (Phi) is 18.2. The van der Waals surface area contributed by atoms with Crippen LogP contribution < -0.4 is 0 Å². The predicted molar refractivity (Wildman–Crippen MR) is 174 cm³/mol. The molecule has 0 heterocycles. The first-order chi connectivity index (χ1) is 18.7. The summed E-state index contributed by atoms with van der Waals surface area (Å²) < 4.78 is 4.72. The van der Waals surface area contributed by atoms with Crippen molar-refractivity contribution in [2.45, 2.75) is 20.4 Å². The van der Waals surface area contributed by atoms with Gasteiger partial charge in [0.05, 0.1) is 12.7 Å². The minimum Gasteiger partial charge on any atom is -0.465 e. The van der Waals surface area contributed by atoms with E-state index in [1.807, 2.05) is 23.5 Å². The van der Waals surface area contributed by atoms with Crippen molar-refractivity contribution < 1.29 is 9.53 Å². The fourth-order valence-corrected chi connectivity index (χ4v) is 7.00. The van der Waals surface area contributed by atoms with Crippen molar-refractivity contribution in [2.75, 3.05) is 66.2 Å². The van der Waals surface area contributed by atoms with Gasteiger partial charge in [-0.25, -0.2) is 4.79 Å². The van der Waals surface area contributed by atoms with Crippen molar-refractivity contribution in [2.24, 2.45) is 0 Å². The molecule has 2 aromatic rings. The third-order valence-electron chi connectivity index (χ3n) is 5.40. The van der Waals surface area contributed by atoms with Crippen LogP contribution in [0.4, 0.5) is 0 Å². The van der Waals surface area contributed by atoms with Crippen LogP contribution in [0.15, 0.2) is 48.5 Å². The molecule has 204 valence electrons. The molecular formula is C31H39NO2S4. The van der Waals surface area contributed by atoms with Crippen LogP contribution in [0.25, 0.3) is 0 Å². The SMILES string of the molecule is CCSCCSCCN(CCSCCSCC)Cc1ccc(C#CC#Cc2ccc(C(=O)OC)cc2)cc1. The summed E-state index contributed by atoms with van der Waals surface area (Å²) in [4.78, 5) is 14.1. The standard InChI is InChI=1S/C31H39NO2S4/c1-4-35-22-24-37-20-18-32(19-21-38-25-23-36-5-2)26-29-12-10-27(11-13-29)8-6-7-9-28-14-16-30(17-15-28)31(33)34-3/h10-17H,4-5,18-26H2,1-3H3. The van der Waals surface area contributed by atoms with Crippen molar-refractivity contribution in [1.29, 1.82) is 0 Å². The number of methoxy groups -OCH3 is 1. The number of hydrogen-bond acceptors (Lipinski definition) is 7. The van der Waals surface area contributed by atoms with E-state index in [9.17, 15) is 4.79 Å². The van der Waals surface area contributed by atoms with Gasteiger partial charge in [0.2, 0.25) is 0 Å². The molecule has 3 nitrogen and oxygen atoms in total. The number of ether oxygens (including phenoxy) is 1. The highest BCUT2D eigenvalue weighted by molar-refractivity contribution is 8.03. The highest BCUT2D eigenvalue weighted by Gasteiger charge is 2.07. The zero-order chi connectivity index (χ0) is 27.3. The number of carbonyl (C=O) groups excluding carboxylic acids is 1. The smallest absolute Gasteiger partial charge is 0.337 e. The number of thioether (sulfide) groups is 4. The first-order valence-electron chi connectivity index (χ1n) is 13.0. The maximum absolute atomic E-state index is 11.5. The van der Waals surface area contributed by atoms with Gasteiger partial charge in [0.1, 0.15) is 0 Å². The number of benzene rings is 2. The average Bonchev–Trinajstić information content (AvgIpc) is 2.95. The van der Waals surface area contributed by atoms with Crippen molar-refractivity contribution in [3.05, 3.63) is 70.8 Å². The molecule has 2 rings (SSSR count). The second kappa shape index (κ2) is 21.2. The van der Waals surface area contributed by atoms with Gasteiger partial charge in [0.15, 0.2) is 0 Å². The van der Waals surface area contributed by atoms with Gasteiger partial charge in [0, 0.05) is 65.3 Å². The molecular weight excluding hydrogens is 547 g/mol. The van der Waals surface area contributed by atoms with Crippen molar-refractivity contribution in [1.82, 2.24) is 4.90 Å². The molecule has 0 spiro atoms. The van der Waals surface area contributed by atoms with E-state index >= 15 is 0 Å². The fourth-order valence-electron chi connectivity index (χ4n) is 3.35. The molecule has 0 atom stereocenters. The third-order valence-corrected chi connectivity index (χ3v) is 9.65. The molecule has 0 bridgehead atoms. The molecule has 0 aliphatic rings. The Balaban J connectivity index is 1.87. The molecule has 0 unspecified atom stereocenters. The van der Waals surface area contributed by atoms with E-state index in [-0.39, 0.29) is 5.97 Å². The van der Waals surface area contributed by atoms with Crippen LogP contribution in [-0.4, -0.2) is 77.1 Å². The van der Waals surface area contributed by atoms with E-state index in [4.69, 9.17) is 4.74 Å². The molecule has 2 aromatic carbocycles. The molecule has 0 aromatic heterocycles. The van der Waals surface area contributed by atoms with Crippen LogP contribution in [0.2, 0.25) is 0 Å². The summed E-state index contributed by atoms with van der Waals surface area (Å²) in [5, 5.41) is 0. The summed E-state index contributed by atoms with van der Waals surface area (Å²) in [6.07, 6.45) is 0. The maximum atomic E-state index is 11.5. The zero-order valence-electron chi connectivity index (χ0n) is 22.8. The van der Waals surface area contributed by atoms with E-state index in [0.29, 0.717) is 5.56 Å². The van der Waals surface area contributed by atoms with Gasteiger partial charge in [-0.05, 0) is 65.3 Å². The van der Waals surface area contributed by atoms with Crippen molar-refractivity contribution >= 4 is 53.0 Å². The van der Waals surface area contributed by atoms with Gasteiger partial charge in [-0.1, -0.05) is 37.8 Å². The number of rotatable bonds is 17. The molecule has 0 aliphatic heterocycles. The lowest BCUT2D eigenvalue weighted by Gasteiger charge is -2.22.